The van der Waals surface area contributed by atoms with Crippen molar-refractivity contribution in [1.29, 1.82) is 0 Å². The highest BCUT2D eigenvalue weighted by Gasteiger charge is 2.50. The van der Waals surface area contributed by atoms with E-state index in [4.69, 9.17) is 9.16 Å². The van der Waals surface area contributed by atoms with E-state index in [1.54, 1.807) is 6.08 Å². The van der Waals surface area contributed by atoms with E-state index in [9.17, 15) is 4.79 Å². The zero-order valence-electron chi connectivity index (χ0n) is 19.9. The first kappa shape index (κ1) is 25.1. The van der Waals surface area contributed by atoms with E-state index in [1.165, 1.54) is 10.4 Å². The van der Waals surface area contributed by atoms with Gasteiger partial charge in [-0.25, -0.2) is 4.79 Å². The van der Waals surface area contributed by atoms with E-state index >= 15 is 0 Å². The predicted octanol–water partition coefficient (Wildman–Crippen LogP) is 5.49. The van der Waals surface area contributed by atoms with Crippen LogP contribution in [0.4, 0.5) is 0 Å². The van der Waals surface area contributed by atoms with Crippen molar-refractivity contribution in [2.45, 2.75) is 65.5 Å². The van der Waals surface area contributed by atoms with Crippen LogP contribution < -0.4 is 10.4 Å². The van der Waals surface area contributed by atoms with Crippen LogP contribution in [0.25, 0.3) is 0 Å². The molecule has 0 spiro atoms. The van der Waals surface area contributed by atoms with E-state index < -0.39 is 8.32 Å². The zero-order chi connectivity index (χ0) is 22.9. The standard InChI is InChI=1S/C27H38O3Si/c1-7-29-26(28)21-19-22(2)18-20-23(3)30-31(27(4,5)6,24-14-10-8-11-15-24)25-16-12-9-13-17-25/h8-17,19,21-23H,7,18,20H2,1-6H3/b21-19+/t22-,23+/m0/s1. The Balaban J connectivity index is 2.25. The average Bonchev–Trinajstić information content (AvgIpc) is 2.75. The van der Waals surface area contributed by atoms with Crippen LogP contribution in [0.3, 0.4) is 0 Å². The number of rotatable bonds is 10. The molecule has 0 radical (unpaired) electrons. The largest absolute Gasteiger partial charge is 0.463 e. The molecule has 0 amide bonds. The maximum Gasteiger partial charge on any atom is 0.330 e. The van der Waals surface area contributed by atoms with Crippen LogP contribution in [0.5, 0.6) is 0 Å². The minimum Gasteiger partial charge on any atom is -0.463 e. The molecule has 3 nitrogen and oxygen atoms in total. The topological polar surface area (TPSA) is 35.5 Å². The molecule has 2 aromatic carbocycles. The minimum atomic E-state index is -2.52. The fraction of sp³-hybridized carbons (Fsp3) is 0.444. The molecule has 0 aliphatic heterocycles. The quantitative estimate of drug-likeness (QED) is 0.280. The highest BCUT2D eigenvalue weighted by atomic mass is 28.4. The molecule has 0 aliphatic carbocycles. The van der Waals surface area contributed by atoms with Crippen molar-refractivity contribution in [2.75, 3.05) is 6.61 Å². The second kappa shape index (κ2) is 11.4. The molecule has 2 rings (SSSR count). The number of hydrogen-bond donors (Lipinski definition) is 0. The van der Waals surface area contributed by atoms with Gasteiger partial charge in [-0.05, 0) is 48.0 Å². The van der Waals surface area contributed by atoms with Crippen molar-refractivity contribution in [3.63, 3.8) is 0 Å². The molecule has 0 saturated heterocycles. The molecule has 0 aliphatic rings. The van der Waals surface area contributed by atoms with Gasteiger partial charge in [0.1, 0.15) is 0 Å². The Hall–Kier alpha value is -2.17. The van der Waals surface area contributed by atoms with Gasteiger partial charge in [-0.2, -0.15) is 0 Å². The molecule has 0 unspecified atom stereocenters. The maximum absolute atomic E-state index is 11.6. The van der Waals surface area contributed by atoms with Gasteiger partial charge in [-0.15, -0.1) is 0 Å². The average molecular weight is 439 g/mol. The first-order valence-electron chi connectivity index (χ1n) is 11.3. The molecule has 0 fully saturated rings. The number of ether oxygens (including phenoxy) is 1. The molecule has 31 heavy (non-hydrogen) atoms. The molecule has 2 atom stereocenters. The summed E-state index contributed by atoms with van der Waals surface area (Å²) in [4.78, 5) is 11.6. The summed E-state index contributed by atoms with van der Waals surface area (Å²) in [6, 6.07) is 21.5. The number of esters is 1. The molecule has 0 saturated carbocycles. The van der Waals surface area contributed by atoms with Crippen molar-refractivity contribution in [2.24, 2.45) is 5.92 Å². The number of hydrogen-bond acceptors (Lipinski definition) is 3. The van der Waals surface area contributed by atoms with Crippen LogP contribution in [0.2, 0.25) is 5.04 Å². The Morgan fingerprint density at radius 2 is 1.45 bits per heavy atom. The highest BCUT2D eigenvalue weighted by Crippen LogP contribution is 2.38. The molecule has 2 aromatic rings. The lowest BCUT2D eigenvalue weighted by atomic mass is 10.0. The van der Waals surface area contributed by atoms with Crippen molar-refractivity contribution in [3.8, 4) is 0 Å². The number of carbonyl (C=O) groups is 1. The van der Waals surface area contributed by atoms with Gasteiger partial charge in [-0.1, -0.05) is 94.4 Å². The fourth-order valence-corrected chi connectivity index (χ4v) is 8.82. The first-order chi connectivity index (χ1) is 14.7. The zero-order valence-corrected chi connectivity index (χ0v) is 20.9. The van der Waals surface area contributed by atoms with Gasteiger partial charge in [0.2, 0.25) is 0 Å². The third-order valence-electron chi connectivity index (χ3n) is 5.67. The van der Waals surface area contributed by atoms with Crippen LogP contribution in [0, 0.1) is 5.92 Å². The summed E-state index contributed by atoms with van der Waals surface area (Å²) in [6.45, 7) is 13.4. The predicted molar refractivity (Wildman–Crippen MR) is 132 cm³/mol. The molecular formula is C27H38O3Si. The van der Waals surface area contributed by atoms with Gasteiger partial charge in [0, 0.05) is 12.2 Å². The monoisotopic (exact) mass is 438 g/mol. The van der Waals surface area contributed by atoms with Crippen molar-refractivity contribution < 1.29 is 14.0 Å². The van der Waals surface area contributed by atoms with Gasteiger partial charge in [0.25, 0.3) is 8.32 Å². The smallest absolute Gasteiger partial charge is 0.330 e. The second-order valence-corrected chi connectivity index (χ2v) is 13.5. The van der Waals surface area contributed by atoms with E-state index in [2.05, 4.69) is 95.3 Å². The molecule has 4 heteroatoms. The van der Waals surface area contributed by atoms with Crippen LogP contribution in [-0.2, 0) is 14.0 Å². The molecular weight excluding hydrogens is 400 g/mol. The second-order valence-electron chi connectivity index (χ2n) is 9.26. The minimum absolute atomic E-state index is 0.0284. The summed E-state index contributed by atoms with van der Waals surface area (Å²) < 4.78 is 12.1. The normalized spacial score (nSPS) is 14.4. The van der Waals surface area contributed by atoms with Crippen molar-refractivity contribution in [3.05, 3.63) is 72.8 Å². The van der Waals surface area contributed by atoms with E-state index in [1.807, 2.05) is 13.0 Å². The van der Waals surface area contributed by atoms with Gasteiger partial charge in [0.15, 0.2) is 0 Å². The Morgan fingerprint density at radius 1 is 0.935 bits per heavy atom. The van der Waals surface area contributed by atoms with Gasteiger partial charge in [-0.3, -0.25) is 0 Å². The number of allylic oxidation sites excluding steroid dienone is 1. The summed E-state index contributed by atoms with van der Waals surface area (Å²) in [6.07, 6.45) is 5.47. The molecule has 168 valence electrons. The third-order valence-corrected chi connectivity index (χ3v) is 10.8. The summed E-state index contributed by atoms with van der Waals surface area (Å²) in [5.74, 6) is 0.0144. The SMILES string of the molecule is CCOC(=O)/C=C/[C@@H](C)CC[C@@H](C)O[Si](c1ccccc1)(c1ccccc1)C(C)(C)C. The van der Waals surface area contributed by atoms with Crippen LogP contribution in [0.15, 0.2) is 72.8 Å². The van der Waals surface area contributed by atoms with Crippen LogP contribution in [-0.4, -0.2) is 27.0 Å². The molecule has 0 aromatic heterocycles. The lowest BCUT2D eigenvalue weighted by Crippen LogP contribution is -2.67. The molecule has 0 bridgehead atoms. The summed E-state index contributed by atoms with van der Waals surface area (Å²) in [7, 11) is -2.52. The Labute approximate surface area is 189 Å². The molecule has 0 heterocycles. The van der Waals surface area contributed by atoms with Gasteiger partial charge < -0.3 is 9.16 Å². The third kappa shape index (κ3) is 6.65. The number of carbonyl (C=O) groups excluding carboxylic acids is 1. The fourth-order valence-electron chi connectivity index (χ4n) is 4.08. The summed E-state index contributed by atoms with van der Waals surface area (Å²) in [5.41, 5.74) is 0. The lowest BCUT2D eigenvalue weighted by molar-refractivity contribution is -0.137. The van der Waals surface area contributed by atoms with Gasteiger partial charge >= 0.3 is 5.97 Å². The van der Waals surface area contributed by atoms with E-state index in [-0.39, 0.29) is 23.0 Å². The summed E-state index contributed by atoms with van der Waals surface area (Å²) >= 11 is 0. The first-order valence-corrected chi connectivity index (χ1v) is 13.3. The maximum atomic E-state index is 11.6. The highest BCUT2D eigenvalue weighted by molar-refractivity contribution is 6.99. The van der Waals surface area contributed by atoms with Crippen molar-refractivity contribution >= 4 is 24.7 Å². The summed E-state index contributed by atoms with van der Waals surface area (Å²) in [5, 5.41) is 2.57. The Bertz CT molecular complexity index is 785. The van der Waals surface area contributed by atoms with E-state index in [0.29, 0.717) is 6.61 Å². The van der Waals surface area contributed by atoms with Gasteiger partial charge in [0.05, 0.1) is 6.61 Å². The Morgan fingerprint density at radius 3 is 1.90 bits per heavy atom. The van der Waals surface area contributed by atoms with Crippen LogP contribution >= 0.6 is 0 Å². The molecule has 0 N–H and O–H groups in total. The Kier molecular flexibility index (Phi) is 9.26. The lowest BCUT2D eigenvalue weighted by Gasteiger charge is -2.44. The van der Waals surface area contributed by atoms with E-state index in [0.717, 1.165) is 12.8 Å². The number of benzene rings is 2. The van der Waals surface area contributed by atoms with Crippen LogP contribution in [0.1, 0.15) is 54.4 Å². The van der Waals surface area contributed by atoms with Crippen molar-refractivity contribution in [1.82, 2.24) is 0 Å².